The molecule has 1 fully saturated rings. The minimum absolute atomic E-state index is 0.0610. The molecular formula is C12H19N3O. The molecule has 4 nitrogen and oxygen atoms in total. The number of nitrogens with two attached hydrogens (primary N) is 1. The van der Waals surface area contributed by atoms with Crippen molar-refractivity contribution in [2.24, 2.45) is 11.1 Å². The van der Waals surface area contributed by atoms with Crippen molar-refractivity contribution in [1.82, 2.24) is 4.68 Å². The highest BCUT2D eigenvalue weighted by atomic mass is 16.2. The maximum absolute atomic E-state index is 12.2. The zero-order valence-corrected chi connectivity index (χ0v) is 9.48. The number of nitrogens with one attached hydrogen (secondary N) is 1. The molecule has 1 heterocycles. The van der Waals surface area contributed by atoms with Crippen LogP contribution in [0.25, 0.3) is 0 Å². The lowest BCUT2D eigenvalue weighted by atomic mass is 9.73. The topological polar surface area (TPSA) is 60.1 Å². The maximum Gasteiger partial charge on any atom is 0.246 e. The molecule has 0 aromatic carbocycles. The summed E-state index contributed by atoms with van der Waals surface area (Å²) in [5.41, 5.74) is 8.33. The second kappa shape index (κ2) is 4.70. The van der Waals surface area contributed by atoms with E-state index in [-0.39, 0.29) is 11.3 Å². The number of amides is 1. The van der Waals surface area contributed by atoms with Gasteiger partial charge in [0.1, 0.15) is 0 Å². The van der Waals surface area contributed by atoms with Gasteiger partial charge in [0.15, 0.2) is 0 Å². The fourth-order valence-corrected chi connectivity index (χ4v) is 2.40. The summed E-state index contributed by atoms with van der Waals surface area (Å²) in [5.74, 6) is 0.0610. The molecule has 16 heavy (non-hydrogen) atoms. The van der Waals surface area contributed by atoms with E-state index in [9.17, 15) is 4.79 Å². The summed E-state index contributed by atoms with van der Waals surface area (Å²) in [6.45, 7) is 0.445. The van der Waals surface area contributed by atoms with E-state index in [1.165, 1.54) is 6.42 Å². The molecule has 1 aromatic rings. The Labute approximate surface area is 95.8 Å². The minimum Gasteiger partial charge on any atom is -0.329 e. The lowest BCUT2D eigenvalue weighted by molar-refractivity contribution is -0.127. The molecule has 0 saturated heterocycles. The van der Waals surface area contributed by atoms with Gasteiger partial charge in [0.05, 0.1) is 5.41 Å². The normalized spacial score (nSPS) is 19.3. The van der Waals surface area contributed by atoms with Crippen LogP contribution in [-0.4, -0.2) is 17.1 Å². The first-order chi connectivity index (χ1) is 7.77. The standard InChI is InChI=1S/C12H19N3O/c13-10-12(6-2-1-3-7-12)11(16)14-15-8-4-5-9-15/h4-5,8-9H,1-3,6-7,10,13H2,(H,14,16). The summed E-state index contributed by atoms with van der Waals surface area (Å²) in [6.07, 6.45) is 8.91. The van der Waals surface area contributed by atoms with E-state index in [4.69, 9.17) is 5.73 Å². The Balaban J connectivity index is 2.06. The summed E-state index contributed by atoms with van der Waals surface area (Å²) in [6, 6.07) is 3.77. The summed E-state index contributed by atoms with van der Waals surface area (Å²) in [7, 11) is 0. The van der Waals surface area contributed by atoms with Crippen molar-refractivity contribution in [3.63, 3.8) is 0 Å². The van der Waals surface area contributed by atoms with Crippen molar-refractivity contribution >= 4 is 5.91 Å². The van der Waals surface area contributed by atoms with Crippen LogP contribution in [0.1, 0.15) is 32.1 Å². The fraction of sp³-hybridized carbons (Fsp3) is 0.583. The molecule has 1 aliphatic carbocycles. The highest BCUT2D eigenvalue weighted by Crippen LogP contribution is 2.35. The van der Waals surface area contributed by atoms with Gasteiger partial charge in [-0.25, -0.2) is 0 Å². The molecule has 1 saturated carbocycles. The van der Waals surface area contributed by atoms with E-state index in [1.807, 2.05) is 24.5 Å². The van der Waals surface area contributed by atoms with Gasteiger partial charge in [0, 0.05) is 18.9 Å². The van der Waals surface area contributed by atoms with E-state index >= 15 is 0 Å². The Kier molecular flexibility index (Phi) is 3.29. The quantitative estimate of drug-likeness (QED) is 0.812. The predicted molar refractivity (Wildman–Crippen MR) is 63.4 cm³/mol. The van der Waals surface area contributed by atoms with Crippen molar-refractivity contribution in [2.75, 3.05) is 12.0 Å². The number of hydrogen-bond acceptors (Lipinski definition) is 2. The lowest BCUT2D eigenvalue weighted by Crippen LogP contribution is -2.45. The van der Waals surface area contributed by atoms with Crippen LogP contribution in [0.5, 0.6) is 0 Å². The molecule has 0 unspecified atom stereocenters. The monoisotopic (exact) mass is 221 g/mol. The largest absolute Gasteiger partial charge is 0.329 e. The molecule has 1 amide bonds. The van der Waals surface area contributed by atoms with Crippen molar-refractivity contribution in [3.05, 3.63) is 24.5 Å². The molecule has 0 atom stereocenters. The smallest absolute Gasteiger partial charge is 0.246 e. The highest BCUT2D eigenvalue weighted by Gasteiger charge is 2.38. The number of hydrogen-bond donors (Lipinski definition) is 2. The van der Waals surface area contributed by atoms with Gasteiger partial charge in [-0.15, -0.1) is 0 Å². The number of carbonyl (C=O) groups excluding carboxylic acids is 1. The molecule has 1 aromatic heterocycles. The zero-order chi connectivity index (χ0) is 11.4. The van der Waals surface area contributed by atoms with Crippen LogP contribution in [-0.2, 0) is 4.79 Å². The van der Waals surface area contributed by atoms with Crippen molar-refractivity contribution in [2.45, 2.75) is 32.1 Å². The van der Waals surface area contributed by atoms with E-state index < -0.39 is 0 Å². The van der Waals surface area contributed by atoms with Gasteiger partial charge in [-0.1, -0.05) is 19.3 Å². The third-order valence-electron chi connectivity index (χ3n) is 3.52. The first kappa shape index (κ1) is 11.2. The Bertz CT molecular complexity index is 339. The number of rotatable bonds is 3. The Morgan fingerprint density at radius 2 is 1.88 bits per heavy atom. The SMILES string of the molecule is NCC1(C(=O)Nn2cccc2)CCCCC1. The van der Waals surface area contributed by atoms with Gasteiger partial charge < -0.3 is 5.73 Å². The molecule has 0 bridgehead atoms. The predicted octanol–water partition coefficient (Wildman–Crippen LogP) is 1.47. The summed E-state index contributed by atoms with van der Waals surface area (Å²) in [5, 5.41) is 0. The average Bonchev–Trinajstić information content (AvgIpc) is 2.82. The lowest BCUT2D eigenvalue weighted by Gasteiger charge is -2.34. The maximum atomic E-state index is 12.2. The first-order valence-corrected chi connectivity index (χ1v) is 5.91. The molecule has 2 rings (SSSR count). The second-order valence-corrected chi connectivity index (χ2v) is 4.58. The molecule has 88 valence electrons. The summed E-state index contributed by atoms with van der Waals surface area (Å²) in [4.78, 5) is 12.2. The number of aromatic nitrogens is 1. The minimum atomic E-state index is -0.345. The van der Waals surface area contributed by atoms with E-state index in [0.29, 0.717) is 6.54 Å². The first-order valence-electron chi connectivity index (χ1n) is 5.91. The molecule has 1 aliphatic rings. The molecule has 3 N–H and O–H groups in total. The van der Waals surface area contributed by atoms with Gasteiger partial charge in [-0.05, 0) is 25.0 Å². The number of carbonyl (C=O) groups is 1. The second-order valence-electron chi connectivity index (χ2n) is 4.58. The van der Waals surface area contributed by atoms with Crippen LogP contribution >= 0.6 is 0 Å². The Morgan fingerprint density at radius 1 is 1.25 bits per heavy atom. The van der Waals surface area contributed by atoms with Crippen LogP contribution in [0, 0.1) is 5.41 Å². The Hall–Kier alpha value is -1.29. The molecule has 0 aliphatic heterocycles. The third-order valence-corrected chi connectivity index (χ3v) is 3.52. The Morgan fingerprint density at radius 3 is 2.44 bits per heavy atom. The van der Waals surface area contributed by atoms with Gasteiger partial charge in [0.25, 0.3) is 0 Å². The van der Waals surface area contributed by atoms with Gasteiger partial charge in [-0.2, -0.15) is 0 Å². The van der Waals surface area contributed by atoms with Crippen LogP contribution in [0.4, 0.5) is 0 Å². The van der Waals surface area contributed by atoms with Gasteiger partial charge >= 0.3 is 0 Å². The van der Waals surface area contributed by atoms with Crippen molar-refractivity contribution < 1.29 is 4.79 Å². The van der Waals surface area contributed by atoms with Gasteiger partial charge in [0.2, 0.25) is 5.91 Å². The third kappa shape index (κ3) is 2.11. The molecular weight excluding hydrogens is 202 g/mol. The average molecular weight is 221 g/mol. The molecule has 0 radical (unpaired) electrons. The van der Waals surface area contributed by atoms with Crippen LogP contribution < -0.4 is 11.2 Å². The van der Waals surface area contributed by atoms with Crippen molar-refractivity contribution in [3.8, 4) is 0 Å². The van der Waals surface area contributed by atoms with Crippen LogP contribution in [0.3, 0.4) is 0 Å². The zero-order valence-electron chi connectivity index (χ0n) is 9.48. The van der Waals surface area contributed by atoms with E-state index in [2.05, 4.69) is 5.43 Å². The molecule has 0 spiro atoms. The fourth-order valence-electron chi connectivity index (χ4n) is 2.40. The number of nitrogens with zero attached hydrogens (tertiary/aromatic N) is 1. The molecule has 4 heteroatoms. The van der Waals surface area contributed by atoms with E-state index in [0.717, 1.165) is 25.7 Å². The van der Waals surface area contributed by atoms with Crippen LogP contribution in [0.2, 0.25) is 0 Å². The van der Waals surface area contributed by atoms with E-state index in [1.54, 1.807) is 4.68 Å². The highest BCUT2D eigenvalue weighted by molar-refractivity contribution is 5.89. The van der Waals surface area contributed by atoms with Gasteiger partial charge in [-0.3, -0.25) is 14.9 Å². The van der Waals surface area contributed by atoms with Crippen LogP contribution in [0.15, 0.2) is 24.5 Å². The summed E-state index contributed by atoms with van der Waals surface area (Å²) >= 11 is 0. The summed E-state index contributed by atoms with van der Waals surface area (Å²) < 4.78 is 1.69. The van der Waals surface area contributed by atoms with Crippen molar-refractivity contribution in [1.29, 1.82) is 0 Å².